The molecule has 0 unspecified atom stereocenters. The SMILES string of the molecule is CC(C)C(C)(C)n1cc2c(N3CCC4(CC4)C3)c(NC(=O)c3ccc(=O)n(-c4c(F)cccc4F)n3)ccc2n1. The van der Waals surface area contributed by atoms with Gasteiger partial charge in [-0.15, -0.1) is 0 Å². The lowest BCUT2D eigenvalue weighted by Crippen LogP contribution is -2.32. The van der Waals surface area contributed by atoms with Crippen LogP contribution in [0.25, 0.3) is 16.6 Å². The first-order valence-electron chi connectivity index (χ1n) is 13.6. The summed E-state index contributed by atoms with van der Waals surface area (Å²) in [4.78, 5) is 28.2. The van der Waals surface area contributed by atoms with E-state index in [9.17, 15) is 18.4 Å². The highest BCUT2D eigenvalue weighted by atomic mass is 19.1. The lowest BCUT2D eigenvalue weighted by molar-refractivity contribution is 0.102. The summed E-state index contributed by atoms with van der Waals surface area (Å²) in [5.74, 6) is -2.16. The number of aromatic nitrogens is 4. The van der Waals surface area contributed by atoms with Crippen molar-refractivity contribution in [2.75, 3.05) is 23.3 Å². The molecule has 1 N–H and O–H groups in total. The minimum atomic E-state index is -0.954. The molecular weight excluding hydrogens is 514 g/mol. The van der Waals surface area contributed by atoms with Crippen LogP contribution in [0, 0.1) is 23.0 Å². The molecule has 0 radical (unpaired) electrons. The highest BCUT2D eigenvalue weighted by Crippen LogP contribution is 2.54. The van der Waals surface area contributed by atoms with E-state index >= 15 is 0 Å². The van der Waals surface area contributed by atoms with Crippen LogP contribution in [-0.2, 0) is 5.54 Å². The second-order valence-corrected chi connectivity index (χ2v) is 11.9. The number of nitrogens with zero attached hydrogens (tertiary/aromatic N) is 5. The van der Waals surface area contributed by atoms with Crippen molar-refractivity contribution in [2.45, 2.75) is 52.5 Å². The third-order valence-electron chi connectivity index (χ3n) is 8.81. The Hall–Kier alpha value is -4.08. The van der Waals surface area contributed by atoms with Gasteiger partial charge in [0.2, 0.25) is 0 Å². The Morgan fingerprint density at radius 1 is 1.00 bits per heavy atom. The second-order valence-electron chi connectivity index (χ2n) is 11.9. The van der Waals surface area contributed by atoms with Crippen molar-refractivity contribution in [2.24, 2.45) is 11.3 Å². The Labute approximate surface area is 230 Å². The van der Waals surface area contributed by atoms with E-state index in [0.29, 0.717) is 21.7 Å². The van der Waals surface area contributed by atoms with Crippen molar-refractivity contribution < 1.29 is 13.6 Å². The molecule has 2 aliphatic rings. The highest BCUT2D eigenvalue weighted by Gasteiger charge is 2.48. The van der Waals surface area contributed by atoms with Gasteiger partial charge in [0, 0.05) is 30.7 Å². The van der Waals surface area contributed by atoms with Gasteiger partial charge in [0.1, 0.15) is 11.4 Å². The Kier molecular flexibility index (Phi) is 6.05. The molecule has 1 amide bonds. The fourth-order valence-corrected chi connectivity index (χ4v) is 5.36. The average molecular weight is 547 g/mol. The number of amides is 1. The van der Waals surface area contributed by atoms with Crippen LogP contribution in [-0.4, -0.2) is 38.6 Å². The topological polar surface area (TPSA) is 85.0 Å². The molecule has 0 bridgehead atoms. The zero-order valence-corrected chi connectivity index (χ0v) is 23.0. The van der Waals surface area contributed by atoms with Crippen molar-refractivity contribution in [3.63, 3.8) is 0 Å². The van der Waals surface area contributed by atoms with E-state index in [4.69, 9.17) is 5.10 Å². The fraction of sp³-hybridized carbons (Fsp3) is 0.400. The van der Waals surface area contributed by atoms with E-state index in [1.807, 2.05) is 16.8 Å². The molecule has 2 fully saturated rings. The molecule has 40 heavy (non-hydrogen) atoms. The normalized spacial score (nSPS) is 16.3. The van der Waals surface area contributed by atoms with Crippen LogP contribution in [0.1, 0.15) is 57.4 Å². The Bertz CT molecular complexity index is 1680. The lowest BCUT2D eigenvalue weighted by atomic mass is 9.91. The number of anilines is 2. The van der Waals surface area contributed by atoms with E-state index in [0.717, 1.165) is 54.3 Å². The molecule has 6 rings (SSSR count). The van der Waals surface area contributed by atoms with Crippen LogP contribution in [0.3, 0.4) is 0 Å². The summed E-state index contributed by atoms with van der Waals surface area (Å²) >= 11 is 0. The van der Waals surface area contributed by atoms with Gasteiger partial charge in [-0.1, -0.05) is 19.9 Å². The molecule has 3 heterocycles. The fourth-order valence-electron chi connectivity index (χ4n) is 5.36. The first-order valence-corrected chi connectivity index (χ1v) is 13.6. The minimum Gasteiger partial charge on any atom is -0.369 e. The van der Waals surface area contributed by atoms with Crippen LogP contribution in [0.15, 0.2) is 53.5 Å². The summed E-state index contributed by atoms with van der Waals surface area (Å²) in [5.41, 5.74) is 0.915. The molecular formula is C30H32F2N6O2. The van der Waals surface area contributed by atoms with Crippen LogP contribution in [0.2, 0.25) is 0 Å². The number of halogens is 2. The number of rotatable bonds is 6. The van der Waals surface area contributed by atoms with Gasteiger partial charge >= 0.3 is 0 Å². The van der Waals surface area contributed by atoms with Gasteiger partial charge in [-0.05, 0) is 74.8 Å². The van der Waals surface area contributed by atoms with Crippen molar-refractivity contribution in [3.05, 3.63) is 76.3 Å². The zero-order valence-electron chi connectivity index (χ0n) is 23.0. The molecule has 208 valence electrons. The average Bonchev–Trinajstić information content (AvgIpc) is 3.32. The van der Waals surface area contributed by atoms with Crippen molar-refractivity contribution in [3.8, 4) is 5.69 Å². The van der Waals surface area contributed by atoms with E-state index in [-0.39, 0.29) is 11.2 Å². The van der Waals surface area contributed by atoms with Crippen molar-refractivity contribution in [1.82, 2.24) is 19.6 Å². The molecule has 1 saturated heterocycles. The lowest BCUT2D eigenvalue weighted by Gasteiger charge is -2.29. The third-order valence-corrected chi connectivity index (χ3v) is 8.81. The summed E-state index contributed by atoms with van der Waals surface area (Å²) in [7, 11) is 0. The van der Waals surface area contributed by atoms with E-state index in [1.165, 1.54) is 25.0 Å². The van der Waals surface area contributed by atoms with Crippen LogP contribution in [0.4, 0.5) is 20.2 Å². The number of hydrogen-bond acceptors (Lipinski definition) is 5. The molecule has 8 nitrogen and oxygen atoms in total. The smallest absolute Gasteiger partial charge is 0.276 e. The van der Waals surface area contributed by atoms with Crippen LogP contribution < -0.4 is 15.8 Å². The van der Waals surface area contributed by atoms with Crippen LogP contribution in [0.5, 0.6) is 0 Å². The number of benzene rings is 2. The van der Waals surface area contributed by atoms with Crippen LogP contribution >= 0.6 is 0 Å². The maximum absolute atomic E-state index is 14.4. The molecule has 2 aromatic heterocycles. The van der Waals surface area contributed by atoms with Gasteiger partial charge in [0.25, 0.3) is 11.5 Å². The number of hydrogen-bond donors (Lipinski definition) is 1. The predicted molar refractivity (Wildman–Crippen MR) is 150 cm³/mol. The molecule has 2 aromatic carbocycles. The van der Waals surface area contributed by atoms with E-state index in [2.05, 4.69) is 49.2 Å². The van der Waals surface area contributed by atoms with Gasteiger partial charge < -0.3 is 10.2 Å². The molecule has 1 aliphatic carbocycles. The molecule has 10 heteroatoms. The quantitative estimate of drug-likeness (QED) is 0.346. The molecule has 0 atom stereocenters. The van der Waals surface area contributed by atoms with Gasteiger partial charge in [0.15, 0.2) is 11.6 Å². The number of fused-ring (bicyclic) bond motifs is 1. The minimum absolute atomic E-state index is 0.148. The van der Waals surface area contributed by atoms with Gasteiger partial charge in [0.05, 0.1) is 22.4 Å². The second kappa shape index (κ2) is 9.25. The van der Waals surface area contributed by atoms with Gasteiger partial charge in [-0.2, -0.15) is 14.9 Å². The molecule has 4 aromatic rings. The van der Waals surface area contributed by atoms with E-state index < -0.39 is 28.8 Å². The van der Waals surface area contributed by atoms with Gasteiger partial charge in [-0.25, -0.2) is 8.78 Å². The number of carbonyl (C=O) groups excluding carboxylic acids is 1. The van der Waals surface area contributed by atoms with E-state index in [1.54, 1.807) is 0 Å². The summed E-state index contributed by atoms with van der Waals surface area (Å²) < 4.78 is 31.4. The molecule has 1 aliphatic heterocycles. The number of carbonyl (C=O) groups is 1. The van der Waals surface area contributed by atoms with Crippen molar-refractivity contribution in [1.29, 1.82) is 0 Å². The van der Waals surface area contributed by atoms with Crippen molar-refractivity contribution >= 4 is 28.2 Å². The number of nitrogens with one attached hydrogen (secondary N) is 1. The molecule has 1 spiro atoms. The standard InChI is InChI=1S/C30H32F2N6O2/c1-18(2)29(3,4)37-16-19-22(34-37)8-9-23(26(19)36-15-14-30(17-36)12-13-30)33-28(40)24-10-11-25(39)38(35-24)27-20(31)6-5-7-21(27)32/h5-11,16,18H,12-15,17H2,1-4H3,(H,33,40). The largest absolute Gasteiger partial charge is 0.369 e. The summed E-state index contributed by atoms with van der Waals surface area (Å²) in [6, 6.07) is 9.31. The highest BCUT2D eigenvalue weighted by molar-refractivity contribution is 6.08. The zero-order chi connectivity index (χ0) is 28.4. The Balaban J connectivity index is 1.41. The first kappa shape index (κ1) is 26.2. The Morgan fingerprint density at radius 2 is 1.73 bits per heavy atom. The van der Waals surface area contributed by atoms with Gasteiger partial charge in [-0.3, -0.25) is 14.3 Å². The Morgan fingerprint density at radius 3 is 2.38 bits per heavy atom. The third kappa shape index (κ3) is 4.35. The maximum Gasteiger partial charge on any atom is 0.276 e. The predicted octanol–water partition coefficient (Wildman–Crippen LogP) is 5.49. The summed E-state index contributed by atoms with van der Waals surface area (Å²) in [5, 5.41) is 12.8. The first-order chi connectivity index (χ1) is 19.0. The monoisotopic (exact) mass is 546 g/mol. The molecule has 1 saturated carbocycles. The summed E-state index contributed by atoms with van der Waals surface area (Å²) in [6.07, 6.45) is 5.57. The maximum atomic E-state index is 14.4. The number of para-hydroxylation sites is 1. The summed E-state index contributed by atoms with van der Waals surface area (Å²) in [6.45, 7) is 10.4.